The molecular formula is C38H48Cl2N6O14. The summed E-state index contributed by atoms with van der Waals surface area (Å²) in [5, 5.41) is 32.9. The zero-order valence-electron chi connectivity index (χ0n) is 33.6. The van der Waals surface area contributed by atoms with Gasteiger partial charge >= 0.3 is 30.3 Å². The van der Waals surface area contributed by atoms with Crippen molar-refractivity contribution in [2.45, 2.75) is 20.7 Å². The Morgan fingerprint density at radius 2 is 1.17 bits per heavy atom. The Balaban J connectivity index is 0.000000789. The van der Waals surface area contributed by atoms with Crippen molar-refractivity contribution < 1.29 is 68.8 Å². The van der Waals surface area contributed by atoms with E-state index in [9.17, 15) is 28.8 Å². The van der Waals surface area contributed by atoms with Crippen LogP contribution in [0.25, 0.3) is 0 Å². The minimum Gasteiger partial charge on any atom is -0.444 e. The van der Waals surface area contributed by atoms with Gasteiger partial charge in [-0.05, 0) is 61.8 Å². The third kappa shape index (κ3) is 24.4. The van der Waals surface area contributed by atoms with E-state index in [-0.39, 0.29) is 46.6 Å². The van der Waals surface area contributed by atoms with Gasteiger partial charge in [0.2, 0.25) is 5.24 Å². The maximum Gasteiger partial charge on any atom is 0.508 e. The first-order valence-electron chi connectivity index (χ1n) is 17.9. The number of ether oxygens (including phenoxy) is 6. The third-order valence-electron chi connectivity index (χ3n) is 6.65. The summed E-state index contributed by atoms with van der Waals surface area (Å²) < 4.78 is 34.1. The van der Waals surface area contributed by atoms with Crippen LogP contribution in [0, 0.1) is 22.3 Å². The fourth-order valence-corrected chi connectivity index (χ4v) is 3.73. The highest BCUT2D eigenvalue weighted by molar-refractivity contribution is 6.64. The molecular weight excluding hydrogens is 835 g/mol. The highest BCUT2D eigenvalue weighted by Gasteiger charge is 2.42. The number of hydrogen-bond acceptors (Lipinski definition) is 16. The summed E-state index contributed by atoms with van der Waals surface area (Å²) in [6.07, 6.45) is 0.0201. The molecule has 8 N–H and O–H groups in total. The number of rotatable bonds is 8. The zero-order chi connectivity index (χ0) is 45.9. The number of aliphatic hydroxyl groups excluding tert-OH is 2. The molecule has 2 aliphatic heterocycles. The van der Waals surface area contributed by atoms with Crippen molar-refractivity contribution in [1.29, 1.82) is 5.26 Å². The van der Waals surface area contributed by atoms with Crippen LogP contribution in [-0.4, -0.2) is 98.3 Å². The molecule has 0 bridgehead atoms. The van der Waals surface area contributed by atoms with E-state index in [1.165, 1.54) is 0 Å². The Labute approximate surface area is 357 Å². The Morgan fingerprint density at radius 3 is 1.53 bits per heavy atom. The number of cyclic esters (lactones) is 4. The number of aliphatic hydroxyl groups is 2. The molecule has 0 radical (unpaired) electrons. The molecule has 2 heterocycles. The van der Waals surface area contributed by atoms with Crippen molar-refractivity contribution in [2.24, 2.45) is 16.6 Å². The lowest BCUT2D eigenvalue weighted by Gasteiger charge is -2.29. The number of nitrogens with one attached hydrogen (secondary N) is 4. The molecule has 0 saturated carbocycles. The zero-order valence-corrected chi connectivity index (χ0v) is 34.1. The van der Waals surface area contributed by atoms with Crippen molar-refractivity contribution in [3.63, 3.8) is 0 Å². The van der Waals surface area contributed by atoms with Gasteiger partial charge in [-0.2, -0.15) is 0 Å². The fourth-order valence-electron chi connectivity index (χ4n) is 3.62. The van der Waals surface area contributed by atoms with Gasteiger partial charge in [-0.15, -0.1) is 16.9 Å². The molecule has 3 aromatic rings. The number of benzene rings is 3. The monoisotopic (exact) mass is 884 g/mol. The Morgan fingerprint density at radius 1 is 0.783 bits per heavy atom. The molecule has 0 aromatic heterocycles. The van der Waals surface area contributed by atoms with E-state index < -0.39 is 46.4 Å². The molecule has 4 amide bonds. The molecule has 0 atom stereocenters. The fraction of sp³-hybridized carbons (Fsp3) is 0.342. The van der Waals surface area contributed by atoms with Crippen LogP contribution in [-0.2, 0) is 33.3 Å². The quantitative estimate of drug-likeness (QED) is 0.0397. The van der Waals surface area contributed by atoms with Crippen molar-refractivity contribution in [3.8, 4) is 12.0 Å². The van der Waals surface area contributed by atoms with Gasteiger partial charge in [-0.25, -0.2) is 19.2 Å². The van der Waals surface area contributed by atoms with E-state index in [1.807, 2.05) is 42.5 Å². The van der Waals surface area contributed by atoms with Crippen LogP contribution in [0.5, 0.6) is 5.75 Å². The first-order chi connectivity index (χ1) is 29.1. The van der Waals surface area contributed by atoms with Crippen molar-refractivity contribution in [2.75, 3.05) is 63.1 Å². The smallest absolute Gasteiger partial charge is 0.444 e. The number of hydrogen-bond donors (Lipinski definition) is 7. The molecule has 2 fully saturated rings. The van der Waals surface area contributed by atoms with Crippen LogP contribution in [0.15, 0.2) is 91.0 Å². The molecule has 20 nitrogen and oxygen atoms in total. The average molecular weight is 886 g/mol. The number of anilines is 2. The number of para-hydroxylation sites is 3. The van der Waals surface area contributed by atoms with Gasteiger partial charge < -0.3 is 65.6 Å². The summed E-state index contributed by atoms with van der Waals surface area (Å²) >= 11 is 10.2. The van der Waals surface area contributed by atoms with Gasteiger partial charge in [0.25, 0.3) is 6.26 Å². The topological polar surface area (TPSA) is 296 Å². The van der Waals surface area contributed by atoms with Crippen LogP contribution >= 0.6 is 23.2 Å². The van der Waals surface area contributed by atoms with Crippen LogP contribution in [0.2, 0.25) is 0 Å². The molecule has 2 saturated heterocycles. The van der Waals surface area contributed by atoms with E-state index in [4.69, 9.17) is 44.8 Å². The van der Waals surface area contributed by atoms with Crippen LogP contribution in [0.3, 0.4) is 0 Å². The van der Waals surface area contributed by atoms with E-state index in [2.05, 4.69) is 50.7 Å². The highest BCUT2D eigenvalue weighted by Crippen LogP contribution is 2.25. The molecule has 5 rings (SSSR count). The minimum atomic E-state index is -1.08. The summed E-state index contributed by atoms with van der Waals surface area (Å²) in [4.78, 5) is 66.2. The summed E-state index contributed by atoms with van der Waals surface area (Å²) in [5.74, 6) is 0.417. The van der Waals surface area contributed by atoms with Crippen LogP contribution in [0.1, 0.15) is 22.1 Å². The lowest BCUT2D eigenvalue weighted by Crippen LogP contribution is -2.45. The van der Waals surface area contributed by atoms with Gasteiger partial charge in [0, 0.05) is 18.6 Å². The number of carbonyl (C=O) groups excluding carboxylic acids is 6. The number of carbonyl (C=O) groups is 6. The largest absolute Gasteiger partial charge is 0.508 e. The lowest BCUT2D eigenvalue weighted by atomic mass is 9.93. The second-order valence-electron chi connectivity index (χ2n) is 11.7. The van der Waals surface area contributed by atoms with Crippen molar-refractivity contribution in [1.82, 2.24) is 10.6 Å². The maximum atomic E-state index is 11.9. The van der Waals surface area contributed by atoms with E-state index >= 15 is 0 Å². The maximum absolute atomic E-state index is 11.9. The van der Waals surface area contributed by atoms with Gasteiger partial charge in [0.05, 0.1) is 6.73 Å². The van der Waals surface area contributed by atoms with E-state index in [1.54, 1.807) is 68.6 Å². The summed E-state index contributed by atoms with van der Waals surface area (Å²) in [7, 11) is 0. The Bertz CT molecular complexity index is 1760. The molecule has 3 aromatic carbocycles. The first kappa shape index (κ1) is 51.6. The summed E-state index contributed by atoms with van der Waals surface area (Å²) in [6, 6.07) is 25.9. The van der Waals surface area contributed by atoms with Gasteiger partial charge in [-0.1, -0.05) is 61.5 Å². The highest BCUT2D eigenvalue weighted by atomic mass is 35.5. The molecule has 0 aliphatic carbocycles. The average Bonchev–Trinajstić information content (AvgIpc) is 3.25. The van der Waals surface area contributed by atoms with Gasteiger partial charge in [-0.3, -0.25) is 9.59 Å². The number of nitrogens with zero attached hydrogens (tertiary/aromatic N) is 1. The number of alkyl halides is 1. The number of nitriles is 1. The number of amides is 4. The SMILES string of the molecule is CC1(C(=O)Cl)COC(=O)OC1.CC1(C(=O)OCNC(=O)Nc2ccccc2)COC(=O)OC1.N#COc1ccccc1.NCO.O=C(NCO)Nc1ccccc1.[3H]CCCl. The van der Waals surface area contributed by atoms with E-state index in [0.29, 0.717) is 29.9 Å². The van der Waals surface area contributed by atoms with Crippen molar-refractivity contribution in [3.05, 3.63) is 91.0 Å². The molecule has 2 aliphatic rings. The minimum absolute atomic E-state index is 0.00579. The Hall–Kier alpha value is -6.37. The number of urea groups is 2. The molecule has 22 heteroatoms. The predicted octanol–water partition coefficient (Wildman–Crippen LogP) is 4.85. The van der Waals surface area contributed by atoms with Gasteiger partial charge in [0.1, 0.15) is 49.7 Å². The summed E-state index contributed by atoms with van der Waals surface area (Å²) in [6.45, 7) is 2.28. The van der Waals surface area contributed by atoms with Crippen LogP contribution in [0.4, 0.5) is 30.6 Å². The van der Waals surface area contributed by atoms with E-state index in [0.717, 1.165) is 0 Å². The second-order valence-corrected chi connectivity index (χ2v) is 12.4. The summed E-state index contributed by atoms with van der Waals surface area (Å²) in [5.41, 5.74) is 3.76. The molecule has 0 unspecified atom stereocenters. The lowest BCUT2D eigenvalue weighted by molar-refractivity contribution is -0.166. The predicted molar refractivity (Wildman–Crippen MR) is 217 cm³/mol. The number of esters is 1. The molecule has 60 heavy (non-hydrogen) atoms. The van der Waals surface area contributed by atoms with Gasteiger partial charge in [0.15, 0.2) is 6.73 Å². The normalized spacial score (nSPS) is 13.7. The van der Waals surface area contributed by atoms with Crippen molar-refractivity contribution >= 4 is 70.2 Å². The second kappa shape index (κ2) is 31.6. The first-order valence-corrected chi connectivity index (χ1v) is 18.1. The number of nitrogens with two attached hydrogens (primary N) is 1. The van der Waals surface area contributed by atoms with Crippen LogP contribution < -0.4 is 31.7 Å². The molecule has 0 spiro atoms. The number of halogens is 2. The third-order valence-corrected chi connectivity index (χ3v) is 7.10. The molecule has 328 valence electrons. The standard InChI is InChI=1S/C14H16N2O6.C8H10N2O2.C7H5NO.C6H7ClO4.C2H5Cl.CH5NO/c1-14(7-20-13(19)21-8-14)11(17)22-9-15-12(18)16-10-5-3-2-4-6-10;11-6-9-8(12)10-7-4-2-1-3-5-7;8-6-9-7-4-2-1-3-5-7;1-6(4(7)8)2-10-5(9)11-3-6;1-2-3;2-1-3/h2-6H,7-9H2,1H3,(H2,15,16,18);1-5,11H,6H2,(H2,9,10,12);1-5H;2-3H2,1H3;2H2,1H3;3H,1-2H2/i;;;;1T;. The Kier molecular flexibility index (Phi) is 27.2.